The van der Waals surface area contributed by atoms with Crippen LogP contribution in [0.4, 0.5) is 0 Å². The van der Waals surface area contributed by atoms with Crippen molar-refractivity contribution in [2.24, 2.45) is 7.05 Å². The molecule has 0 unspecified atom stereocenters. The molecule has 0 bridgehead atoms. The fourth-order valence-electron chi connectivity index (χ4n) is 1.98. The fourth-order valence-corrected chi connectivity index (χ4v) is 3.45. The van der Waals surface area contributed by atoms with Crippen molar-refractivity contribution in [3.05, 3.63) is 38.8 Å². The summed E-state index contributed by atoms with van der Waals surface area (Å²) < 4.78 is 3.04. The van der Waals surface area contributed by atoms with E-state index >= 15 is 0 Å². The number of hydrogen-bond donors (Lipinski definition) is 1. The van der Waals surface area contributed by atoms with Gasteiger partial charge in [0.25, 0.3) is 0 Å². The molecule has 0 saturated heterocycles. The van der Waals surface area contributed by atoms with Crippen LogP contribution in [0.3, 0.4) is 0 Å². The summed E-state index contributed by atoms with van der Waals surface area (Å²) in [5.41, 5.74) is 1.24. The van der Waals surface area contributed by atoms with Crippen LogP contribution >= 0.6 is 27.3 Å². The number of rotatable bonds is 6. The molecular formula is C13H19BrN4S. The van der Waals surface area contributed by atoms with E-state index in [1.54, 1.807) is 11.3 Å². The van der Waals surface area contributed by atoms with E-state index in [9.17, 15) is 0 Å². The van der Waals surface area contributed by atoms with Gasteiger partial charge in [-0.05, 0) is 41.5 Å². The Hall–Kier alpha value is -0.690. The quantitative estimate of drug-likeness (QED) is 0.875. The van der Waals surface area contributed by atoms with Gasteiger partial charge in [-0.1, -0.05) is 0 Å². The Morgan fingerprint density at radius 3 is 2.84 bits per heavy atom. The first-order chi connectivity index (χ1) is 9.08. The summed E-state index contributed by atoms with van der Waals surface area (Å²) >= 11 is 5.33. The summed E-state index contributed by atoms with van der Waals surface area (Å²) in [6.07, 6.45) is 4.01. The Labute approximate surface area is 126 Å². The monoisotopic (exact) mass is 342 g/mol. The highest BCUT2D eigenvalue weighted by Crippen LogP contribution is 2.22. The normalized spacial score (nSPS) is 13.1. The maximum atomic E-state index is 4.25. The number of nitrogens with zero attached hydrogens (tertiary/aromatic N) is 3. The van der Waals surface area contributed by atoms with Crippen molar-refractivity contribution in [2.75, 3.05) is 20.6 Å². The molecule has 0 saturated carbocycles. The largest absolute Gasteiger partial charge is 0.310 e. The predicted octanol–water partition coefficient (Wildman–Crippen LogP) is 2.64. The number of aryl methyl sites for hydroxylation is 1. The summed E-state index contributed by atoms with van der Waals surface area (Å²) in [7, 11) is 6.15. The SMILES string of the molecule is CN(C)[C@H](CNCc1sccc1Br)c1cnn(C)c1. The number of hydrogen-bond acceptors (Lipinski definition) is 4. The summed E-state index contributed by atoms with van der Waals surface area (Å²) in [5, 5.41) is 9.87. The van der Waals surface area contributed by atoms with Crippen LogP contribution in [0, 0.1) is 0 Å². The molecule has 0 fully saturated rings. The van der Waals surface area contributed by atoms with Crippen molar-refractivity contribution >= 4 is 27.3 Å². The molecule has 0 aromatic carbocycles. The third-order valence-electron chi connectivity index (χ3n) is 3.05. The lowest BCUT2D eigenvalue weighted by atomic mass is 10.1. The van der Waals surface area contributed by atoms with Gasteiger partial charge < -0.3 is 10.2 Å². The Morgan fingerprint density at radius 1 is 1.53 bits per heavy atom. The van der Waals surface area contributed by atoms with Gasteiger partial charge in [-0.3, -0.25) is 4.68 Å². The second kappa shape index (κ2) is 6.65. The molecule has 0 aliphatic carbocycles. The van der Waals surface area contributed by atoms with Crippen molar-refractivity contribution in [1.82, 2.24) is 20.0 Å². The maximum absolute atomic E-state index is 4.25. The summed E-state index contributed by atoms with van der Waals surface area (Å²) in [5.74, 6) is 0. The van der Waals surface area contributed by atoms with Crippen molar-refractivity contribution < 1.29 is 0 Å². The zero-order valence-corrected chi connectivity index (χ0v) is 13.8. The van der Waals surface area contributed by atoms with E-state index in [0.29, 0.717) is 6.04 Å². The molecule has 0 aliphatic rings. The van der Waals surface area contributed by atoms with E-state index in [2.05, 4.69) is 63.0 Å². The highest BCUT2D eigenvalue weighted by atomic mass is 79.9. The Balaban J connectivity index is 1.93. The number of nitrogens with one attached hydrogen (secondary N) is 1. The standard InChI is InChI=1S/C13H19BrN4S/c1-17(2)12(10-6-16-18(3)9-10)7-15-8-13-11(14)4-5-19-13/h4-6,9,12,15H,7-8H2,1-3H3/t12-/m1/s1. The third-order valence-corrected chi connectivity index (χ3v) is 4.97. The van der Waals surface area contributed by atoms with Gasteiger partial charge in [0.1, 0.15) is 0 Å². The average molecular weight is 343 g/mol. The van der Waals surface area contributed by atoms with E-state index in [4.69, 9.17) is 0 Å². The molecule has 2 rings (SSSR count). The molecular weight excluding hydrogens is 324 g/mol. The second-order valence-corrected chi connectivity index (χ2v) is 6.60. The second-order valence-electron chi connectivity index (χ2n) is 4.75. The van der Waals surface area contributed by atoms with Crippen LogP contribution in [0.2, 0.25) is 0 Å². The first kappa shape index (κ1) is 14.7. The van der Waals surface area contributed by atoms with E-state index in [1.807, 2.05) is 17.9 Å². The molecule has 2 heterocycles. The topological polar surface area (TPSA) is 33.1 Å². The van der Waals surface area contributed by atoms with Crippen molar-refractivity contribution in [2.45, 2.75) is 12.6 Å². The van der Waals surface area contributed by atoms with E-state index in [-0.39, 0.29) is 0 Å². The fraction of sp³-hybridized carbons (Fsp3) is 0.462. The van der Waals surface area contributed by atoms with Crippen LogP contribution in [0.15, 0.2) is 28.3 Å². The summed E-state index contributed by atoms with van der Waals surface area (Å²) in [6.45, 7) is 1.80. The Bertz CT molecular complexity index is 520. The van der Waals surface area contributed by atoms with Gasteiger partial charge in [-0.2, -0.15) is 5.10 Å². The van der Waals surface area contributed by atoms with Crippen molar-refractivity contribution in [1.29, 1.82) is 0 Å². The molecule has 6 heteroatoms. The van der Waals surface area contributed by atoms with Gasteiger partial charge in [-0.25, -0.2) is 0 Å². The van der Waals surface area contributed by atoms with Crippen LogP contribution in [0.5, 0.6) is 0 Å². The Morgan fingerprint density at radius 2 is 2.32 bits per heavy atom. The minimum Gasteiger partial charge on any atom is -0.310 e. The van der Waals surface area contributed by atoms with Gasteiger partial charge in [0, 0.05) is 47.3 Å². The molecule has 1 N–H and O–H groups in total. The van der Waals surface area contributed by atoms with E-state index < -0.39 is 0 Å². The lowest BCUT2D eigenvalue weighted by Gasteiger charge is -2.23. The predicted molar refractivity (Wildman–Crippen MR) is 83.4 cm³/mol. The van der Waals surface area contributed by atoms with Crippen molar-refractivity contribution in [3.8, 4) is 0 Å². The molecule has 104 valence electrons. The molecule has 0 amide bonds. The van der Waals surface area contributed by atoms with Gasteiger partial charge >= 0.3 is 0 Å². The van der Waals surface area contributed by atoms with E-state index in [0.717, 1.165) is 13.1 Å². The number of aromatic nitrogens is 2. The molecule has 2 aromatic heterocycles. The minimum absolute atomic E-state index is 0.340. The molecule has 0 radical (unpaired) electrons. The lowest BCUT2D eigenvalue weighted by molar-refractivity contribution is 0.288. The minimum atomic E-state index is 0.340. The zero-order chi connectivity index (χ0) is 13.8. The summed E-state index contributed by atoms with van der Waals surface area (Å²) in [4.78, 5) is 3.55. The molecule has 1 atom stereocenters. The van der Waals surface area contributed by atoms with Crippen LogP contribution in [-0.2, 0) is 13.6 Å². The highest BCUT2D eigenvalue weighted by molar-refractivity contribution is 9.10. The molecule has 0 aliphatic heterocycles. The molecule has 0 spiro atoms. The highest BCUT2D eigenvalue weighted by Gasteiger charge is 2.15. The zero-order valence-electron chi connectivity index (χ0n) is 11.4. The lowest BCUT2D eigenvalue weighted by Crippen LogP contribution is -2.30. The molecule has 4 nitrogen and oxygen atoms in total. The molecule has 19 heavy (non-hydrogen) atoms. The number of likely N-dealkylation sites (N-methyl/N-ethyl adjacent to an activating group) is 1. The third kappa shape index (κ3) is 3.89. The van der Waals surface area contributed by atoms with Crippen LogP contribution < -0.4 is 5.32 Å². The van der Waals surface area contributed by atoms with Gasteiger partial charge in [-0.15, -0.1) is 11.3 Å². The van der Waals surface area contributed by atoms with Crippen LogP contribution in [0.25, 0.3) is 0 Å². The maximum Gasteiger partial charge on any atom is 0.0538 e. The van der Waals surface area contributed by atoms with Crippen LogP contribution in [-0.4, -0.2) is 35.3 Å². The number of thiophene rings is 1. The van der Waals surface area contributed by atoms with Gasteiger partial charge in [0.05, 0.1) is 6.20 Å². The molecule has 2 aromatic rings. The van der Waals surface area contributed by atoms with Crippen molar-refractivity contribution in [3.63, 3.8) is 0 Å². The van der Waals surface area contributed by atoms with Gasteiger partial charge in [0.15, 0.2) is 0 Å². The number of halogens is 1. The smallest absolute Gasteiger partial charge is 0.0538 e. The van der Waals surface area contributed by atoms with Crippen LogP contribution in [0.1, 0.15) is 16.5 Å². The van der Waals surface area contributed by atoms with Gasteiger partial charge in [0.2, 0.25) is 0 Å². The first-order valence-electron chi connectivity index (χ1n) is 6.15. The average Bonchev–Trinajstić information content (AvgIpc) is 2.94. The summed E-state index contributed by atoms with van der Waals surface area (Å²) in [6, 6.07) is 2.43. The van der Waals surface area contributed by atoms with E-state index in [1.165, 1.54) is 14.9 Å². The first-order valence-corrected chi connectivity index (χ1v) is 7.82. The Kier molecular flexibility index (Phi) is 5.15.